The lowest BCUT2D eigenvalue weighted by Gasteiger charge is -2.27. The molecule has 0 saturated heterocycles. The average molecular weight is 262 g/mol. The molecule has 1 aromatic heterocycles. The molecule has 0 aliphatic rings. The van der Waals surface area contributed by atoms with Gasteiger partial charge in [0.15, 0.2) is 0 Å². The monoisotopic (exact) mass is 262 g/mol. The van der Waals surface area contributed by atoms with Gasteiger partial charge in [-0.15, -0.1) is 0 Å². The summed E-state index contributed by atoms with van der Waals surface area (Å²) in [5, 5.41) is 0. The number of likely N-dealkylation sites (N-methyl/N-ethyl adjacent to an activating group) is 1. The molecule has 1 heterocycles. The Hall–Kier alpha value is -1.65. The Balaban J connectivity index is 2.21. The number of hydrogen-bond acceptors (Lipinski definition) is 3. The van der Waals surface area contributed by atoms with E-state index in [1.54, 1.807) is 12.3 Å². The predicted octanol–water partition coefficient (Wildman–Crippen LogP) is 2.86. The highest BCUT2D eigenvalue weighted by Crippen LogP contribution is 2.24. The zero-order valence-electron chi connectivity index (χ0n) is 11.3. The van der Waals surface area contributed by atoms with Crippen LogP contribution in [0.2, 0.25) is 0 Å². The molecule has 0 fully saturated rings. The van der Waals surface area contributed by atoms with Crippen molar-refractivity contribution < 1.29 is 8.81 Å². The number of benzene rings is 1. The zero-order valence-corrected chi connectivity index (χ0v) is 11.3. The number of nitrogens with zero attached hydrogens (tertiary/aromatic N) is 1. The smallest absolute Gasteiger partial charge is 0.128 e. The molecule has 2 aromatic rings. The number of halogens is 1. The summed E-state index contributed by atoms with van der Waals surface area (Å²) in [4.78, 5) is 2.00. The van der Waals surface area contributed by atoms with Crippen molar-refractivity contribution >= 4 is 0 Å². The summed E-state index contributed by atoms with van der Waals surface area (Å²) in [6.07, 6.45) is 1.63. The van der Waals surface area contributed by atoms with Crippen molar-refractivity contribution in [3.05, 3.63) is 59.3 Å². The molecule has 19 heavy (non-hydrogen) atoms. The summed E-state index contributed by atoms with van der Waals surface area (Å²) in [5.41, 5.74) is 7.48. The highest BCUT2D eigenvalue weighted by molar-refractivity contribution is 5.27. The van der Waals surface area contributed by atoms with E-state index in [4.69, 9.17) is 10.2 Å². The zero-order chi connectivity index (χ0) is 13.8. The minimum Gasteiger partial charge on any atom is -0.468 e. The van der Waals surface area contributed by atoms with Crippen LogP contribution in [-0.4, -0.2) is 18.5 Å². The van der Waals surface area contributed by atoms with Gasteiger partial charge in [0, 0.05) is 12.1 Å². The number of rotatable bonds is 5. The Morgan fingerprint density at radius 2 is 2.16 bits per heavy atom. The molecule has 0 spiro atoms. The largest absolute Gasteiger partial charge is 0.468 e. The van der Waals surface area contributed by atoms with Gasteiger partial charge in [-0.1, -0.05) is 17.7 Å². The first-order valence-electron chi connectivity index (χ1n) is 6.30. The fraction of sp³-hybridized carbons (Fsp3) is 0.333. The van der Waals surface area contributed by atoms with Crippen LogP contribution in [-0.2, 0) is 6.54 Å². The van der Waals surface area contributed by atoms with Crippen LogP contribution in [0.4, 0.5) is 4.39 Å². The molecule has 3 nitrogen and oxygen atoms in total. The third-order valence-corrected chi connectivity index (χ3v) is 3.25. The Kier molecular flexibility index (Phi) is 4.35. The lowest BCUT2D eigenvalue weighted by Crippen LogP contribution is -2.30. The van der Waals surface area contributed by atoms with Crippen LogP contribution in [0, 0.1) is 12.7 Å². The average Bonchev–Trinajstić information content (AvgIpc) is 2.87. The third-order valence-electron chi connectivity index (χ3n) is 3.25. The number of nitrogens with two attached hydrogens (primary N) is 1. The second-order valence-corrected chi connectivity index (χ2v) is 4.77. The molecule has 0 bridgehead atoms. The van der Waals surface area contributed by atoms with Crippen LogP contribution < -0.4 is 5.73 Å². The van der Waals surface area contributed by atoms with Gasteiger partial charge in [0.25, 0.3) is 0 Å². The Bertz CT molecular complexity index is 525. The molecular weight excluding hydrogens is 243 g/mol. The third kappa shape index (κ3) is 3.22. The molecule has 0 amide bonds. The van der Waals surface area contributed by atoms with Gasteiger partial charge < -0.3 is 10.2 Å². The van der Waals surface area contributed by atoms with E-state index in [1.807, 2.05) is 37.1 Å². The molecule has 4 heteroatoms. The molecule has 0 radical (unpaired) electrons. The second kappa shape index (κ2) is 5.99. The van der Waals surface area contributed by atoms with E-state index in [0.717, 1.165) is 11.3 Å². The van der Waals surface area contributed by atoms with E-state index in [-0.39, 0.29) is 11.9 Å². The molecule has 0 aliphatic heterocycles. The first-order valence-corrected chi connectivity index (χ1v) is 6.30. The molecular formula is C15H19FN2O. The SMILES string of the molecule is Cc1ccc(F)c(C(CN)N(C)Cc2ccco2)c1. The maximum absolute atomic E-state index is 13.9. The highest BCUT2D eigenvalue weighted by atomic mass is 19.1. The van der Waals surface area contributed by atoms with Gasteiger partial charge in [0.2, 0.25) is 0 Å². The van der Waals surface area contributed by atoms with Gasteiger partial charge in [0.1, 0.15) is 11.6 Å². The number of furan rings is 1. The van der Waals surface area contributed by atoms with Gasteiger partial charge in [-0.3, -0.25) is 4.90 Å². The summed E-state index contributed by atoms with van der Waals surface area (Å²) < 4.78 is 19.3. The molecule has 2 rings (SSSR count). The van der Waals surface area contributed by atoms with E-state index in [2.05, 4.69) is 0 Å². The summed E-state index contributed by atoms with van der Waals surface area (Å²) in [6, 6.07) is 8.69. The molecule has 102 valence electrons. The van der Waals surface area contributed by atoms with Crippen LogP contribution in [0.5, 0.6) is 0 Å². The van der Waals surface area contributed by atoms with Crippen LogP contribution in [0.1, 0.15) is 22.9 Å². The molecule has 1 unspecified atom stereocenters. The van der Waals surface area contributed by atoms with E-state index < -0.39 is 0 Å². The lowest BCUT2D eigenvalue weighted by molar-refractivity contribution is 0.218. The van der Waals surface area contributed by atoms with E-state index in [0.29, 0.717) is 18.7 Å². The molecule has 1 aromatic carbocycles. The molecule has 0 aliphatic carbocycles. The maximum atomic E-state index is 13.9. The minimum absolute atomic E-state index is 0.162. The fourth-order valence-corrected chi connectivity index (χ4v) is 2.22. The van der Waals surface area contributed by atoms with E-state index >= 15 is 0 Å². The van der Waals surface area contributed by atoms with Crippen LogP contribution in [0.25, 0.3) is 0 Å². The standard InChI is InChI=1S/C15H19FN2O/c1-11-5-6-14(16)13(8-11)15(9-17)18(2)10-12-4-3-7-19-12/h3-8,15H,9-10,17H2,1-2H3. The van der Waals surface area contributed by atoms with E-state index in [1.165, 1.54) is 6.07 Å². The Labute approximate surface area is 112 Å². The maximum Gasteiger partial charge on any atom is 0.128 e. The summed E-state index contributed by atoms with van der Waals surface area (Å²) >= 11 is 0. The first-order chi connectivity index (χ1) is 9.11. The van der Waals surface area contributed by atoms with Crippen molar-refractivity contribution in [2.75, 3.05) is 13.6 Å². The van der Waals surface area contributed by atoms with Gasteiger partial charge in [0.05, 0.1) is 18.8 Å². The summed E-state index contributed by atoms with van der Waals surface area (Å²) in [7, 11) is 1.92. The fourth-order valence-electron chi connectivity index (χ4n) is 2.22. The normalized spacial score (nSPS) is 12.9. The van der Waals surface area contributed by atoms with Gasteiger partial charge in [-0.2, -0.15) is 0 Å². The summed E-state index contributed by atoms with van der Waals surface area (Å²) in [5.74, 6) is 0.626. The molecule has 1 atom stereocenters. The second-order valence-electron chi connectivity index (χ2n) is 4.77. The molecule has 2 N–H and O–H groups in total. The quantitative estimate of drug-likeness (QED) is 0.901. The topological polar surface area (TPSA) is 42.4 Å². The number of hydrogen-bond donors (Lipinski definition) is 1. The predicted molar refractivity (Wildman–Crippen MR) is 73.1 cm³/mol. The minimum atomic E-state index is -0.215. The summed E-state index contributed by atoms with van der Waals surface area (Å²) in [6.45, 7) is 2.91. The Morgan fingerprint density at radius 3 is 2.79 bits per heavy atom. The Morgan fingerprint density at radius 1 is 1.37 bits per heavy atom. The van der Waals surface area contributed by atoms with Crippen LogP contribution >= 0.6 is 0 Å². The number of aryl methyl sites for hydroxylation is 1. The van der Waals surface area contributed by atoms with Crippen molar-refractivity contribution in [1.29, 1.82) is 0 Å². The lowest BCUT2D eigenvalue weighted by atomic mass is 10.0. The van der Waals surface area contributed by atoms with Crippen molar-refractivity contribution in [2.24, 2.45) is 5.73 Å². The molecule has 0 saturated carbocycles. The van der Waals surface area contributed by atoms with Crippen molar-refractivity contribution in [3.63, 3.8) is 0 Å². The van der Waals surface area contributed by atoms with Crippen LogP contribution in [0.15, 0.2) is 41.0 Å². The highest BCUT2D eigenvalue weighted by Gasteiger charge is 2.20. The van der Waals surface area contributed by atoms with Gasteiger partial charge in [-0.05, 0) is 32.2 Å². The van der Waals surface area contributed by atoms with Crippen LogP contribution in [0.3, 0.4) is 0 Å². The van der Waals surface area contributed by atoms with Gasteiger partial charge >= 0.3 is 0 Å². The van der Waals surface area contributed by atoms with E-state index in [9.17, 15) is 4.39 Å². The van der Waals surface area contributed by atoms with Crippen molar-refractivity contribution in [2.45, 2.75) is 19.5 Å². The van der Waals surface area contributed by atoms with Crippen molar-refractivity contribution in [1.82, 2.24) is 4.90 Å². The van der Waals surface area contributed by atoms with Gasteiger partial charge in [-0.25, -0.2) is 4.39 Å². The first kappa shape index (κ1) is 13.8. The van der Waals surface area contributed by atoms with Crippen molar-refractivity contribution in [3.8, 4) is 0 Å².